The Morgan fingerprint density at radius 1 is 0.529 bits per heavy atom. The van der Waals surface area contributed by atoms with Crippen molar-refractivity contribution in [2.75, 3.05) is 13.1 Å². The number of imide groups is 2. The van der Waals surface area contributed by atoms with Gasteiger partial charge in [-0.15, -0.1) is 0 Å². The minimum atomic E-state index is -0.746. The summed E-state index contributed by atoms with van der Waals surface area (Å²) in [5.41, 5.74) is 1.73. The van der Waals surface area contributed by atoms with E-state index in [-0.39, 0.29) is 23.6 Å². The van der Waals surface area contributed by atoms with Crippen LogP contribution >= 0.6 is 0 Å². The van der Waals surface area contributed by atoms with Crippen molar-refractivity contribution in [2.45, 2.75) is 38.0 Å². The fourth-order valence-electron chi connectivity index (χ4n) is 6.54. The average molecular weight is 459 g/mol. The number of likely N-dealkylation sites (tertiary alicyclic amines) is 2. The van der Waals surface area contributed by atoms with Crippen molar-refractivity contribution in [2.24, 2.45) is 11.8 Å². The van der Waals surface area contributed by atoms with Gasteiger partial charge in [0.1, 0.15) is 12.1 Å². The molecule has 6 atom stereocenters. The Hall–Kier alpha value is -3.36. The fraction of sp³-hybridized carbons (Fsp3) is 0.385. The van der Waals surface area contributed by atoms with Gasteiger partial charge in [-0.2, -0.15) is 0 Å². The highest BCUT2D eigenvalue weighted by Crippen LogP contribution is 2.58. The molecule has 4 saturated heterocycles. The summed E-state index contributed by atoms with van der Waals surface area (Å²) in [6.45, 7) is 4.19. The molecule has 0 radical (unpaired) electrons. The van der Waals surface area contributed by atoms with Crippen molar-refractivity contribution in [1.29, 1.82) is 0 Å². The molecule has 0 unspecified atom stereocenters. The number of nitrogens with zero attached hydrogens (tertiary/aromatic N) is 4. The summed E-state index contributed by atoms with van der Waals surface area (Å²) >= 11 is 0. The van der Waals surface area contributed by atoms with E-state index < -0.39 is 36.0 Å². The van der Waals surface area contributed by atoms with Gasteiger partial charge in [-0.25, -0.2) is 10.0 Å². The maximum absolute atomic E-state index is 13.6. The standard InChI is InChI=1S/C26H26N4O4/c1-3-27-23(31)17-19(15-11-7-5-8-12-15)30-22-18(24(32)28(4-2)26(22)34)20(16-13-9-6-10-14-16)29(30)21(17)25(27)33/h5-14,17-22H,3-4H2,1-2H3/t17-,18-,19-,20+,21+,22-/m1/s1. The van der Waals surface area contributed by atoms with Crippen LogP contribution in [0.2, 0.25) is 0 Å². The number of carbonyl (C=O) groups is 4. The number of amides is 4. The number of hydrazine groups is 1. The zero-order valence-electron chi connectivity index (χ0n) is 19.1. The van der Waals surface area contributed by atoms with Crippen LogP contribution in [-0.4, -0.2) is 68.6 Å². The number of hydrogen-bond donors (Lipinski definition) is 0. The third-order valence-electron chi connectivity index (χ3n) is 7.82. The van der Waals surface area contributed by atoms with Crippen molar-refractivity contribution >= 4 is 23.6 Å². The van der Waals surface area contributed by atoms with E-state index in [4.69, 9.17) is 0 Å². The van der Waals surface area contributed by atoms with Gasteiger partial charge in [0.05, 0.1) is 23.9 Å². The minimum Gasteiger partial charge on any atom is -0.281 e. The molecule has 4 heterocycles. The van der Waals surface area contributed by atoms with Crippen LogP contribution in [0.1, 0.15) is 37.1 Å². The van der Waals surface area contributed by atoms with E-state index in [0.29, 0.717) is 13.1 Å². The first-order valence-corrected chi connectivity index (χ1v) is 11.9. The summed E-state index contributed by atoms with van der Waals surface area (Å²) in [6.07, 6.45) is 0. The van der Waals surface area contributed by atoms with Gasteiger partial charge in [-0.3, -0.25) is 29.0 Å². The molecular weight excluding hydrogens is 432 g/mol. The predicted molar refractivity (Wildman–Crippen MR) is 121 cm³/mol. The lowest BCUT2D eigenvalue weighted by atomic mass is 9.84. The molecule has 2 aromatic carbocycles. The quantitative estimate of drug-likeness (QED) is 0.650. The molecule has 0 saturated carbocycles. The normalized spacial score (nSPS) is 33.1. The third kappa shape index (κ3) is 2.55. The van der Waals surface area contributed by atoms with Crippen LogP contribution < -0.4 is 0 Å². The van der Waals surface area contributed by atoms with Gasteiger partial charge in [-0.1, -0.05) is 60.7 Å². The molecule has 0 aromatic heterocycles. The molecule has 8 heteroatoms. The number of benzene rings is 2. The Labute approximate surface area is 197 Å². The molecule has 174 valence electrons. The summed E-state index contributed by atoms with van der Waals surface area (Å²) < 4.78 is 0. The number of fused-ring (bicyclic) bond motifs is 5. The van der Waals surface area contributed by atoms with Gasteiger partial charge < -0.3 is 0 Å². The SMILES string of the molecule is CCN1C(=O)[C@H]2[C@@H](C1=O)N1[C@@H](c3ccccc3)[C@H]3C(=O)N(CC)C(=O)[C@@H]3N1[C@@H]2c1ccccc1. The Bertz CT molecular complexity index is 1090. The highest BCUT2D eigenvalue weighted by molar-refractivity contribution is 6.10. The molecule has 0 N–H and O–H groups in total. The molecule has 4 fully saturated rings. The summed E-state index contributed by atoms with van der Waals surface area (Å²) in [5, 5.41) is 3.82. The zero-order chi connectivity index (χ0) is 23.7. The highest BCUT2D eigenvalue weighted by atomic mass is 16.2. The smallest absolute Gasteiger partial charge is 0.248 e. The molecule has 0 bridgehead atoms. The number of hydrogen-bond acceptors (Lipinski definition) is 6. The van der Waals surface area contributed by atoms with E-state index in [2.05, 4.69) is 0 Å². The van der Waals surface area contributed by atoms with E-state index in [1.807, 2.05) is 70.7 Å². The first kappa shape index (κ1) is 21.2. The molecule has 0 aliphatic carbocycles. The number of carbonyl (C=O) groups excluding carboxylic acids is 4. The van der Waals surface area contributed by atoms with Gasteiger partial charge in [0, 0.05) is 13.1 Å². The maximum atomic E-state index is 13.6. The predicted octanol–water partition coefficient (Wildman–Crippen LogP) is 1.76. The summed E-state index contributed by atoms with van der Waals surface area (Å²) in [6, 6.07) is 16.6. The van der Waals surface area contributed by atoms with Gasteiger partial charge in [0.2, 0.25) is 23.6 Å². The van der Waals surface area contributed by atoms with Crippen molar-refractivity contribution in [3.8, 4) is 0 Å². The number of rotatable bonds is 4. The molecular formula is C26H26N4O4. The first-order chi connectivity index (χ1) is 16.5. The second-order valence-electron chi connectivity index (χ2n) is 9.25. The number of likely N-dealkylation sites (N-methyl/N-ethyl adjacent to an activating group) is 2. The molecule has 8 nitrogen and oxygen atoms in total. The van der Waals surface area contributed by atoms with E-state index in [1.54, 1.807) is 13.8 Å². The molecule has 4 amide bonds. The summed E-state index contributed by atoms with van der Waals surface area (Å²) in [5.74, 6) is -2.22. The minimum absolute atomic E-state index is 0.215. The van der Waals surface area contributed by atoms with Crippen LogP contribution in [0, 0.1) is 11.8 Å². The summed E-state index contributed by atoms with van der Waals surface area (Å²) in [4.78, 5) is 56.9. The second kappa shape index (κ2) is 7.58. The Balaban J connectivity index is 1.59. The molecule has 4 aliphatic heterocycles. The van der Waals surface area contributed by atoms with Gasteiger partial charge in [0.15, 0.2) is 0 Å². The second-order valence-corrected chi connectivity index (χ2v) is 9.25. The maximum Gasteiger partial charge on any atom is 0.248 e. The Morgan fingerprint density at radius 2 is 0.882 bits per heavy atom. The topological polar surface area (TPSA) is 81.2 Å². The fourth-order valence-corrected chi connectivity index (χ4v) is 6.54. The highest BCUT2D eigenvalue weighted by Gasteiger charge is 2.73. The lowest BCUT2D eigenvalue weighted by molar-refractivity contribution is -0.152. The van der Waals surface area contributed by atoms with Crippen molar-refractivity contribution in [3.05, 3.63) is 71.8 Å². The lowest BCUT2D eigenvalue weighted by Crippen LogP contribution is -2.49. The molecule has 2 aromatic rings. The lowest BCUT2D eigenvalue weighted by Gasteiger charge is -2.35. The van der Waals surface area contributed by atoms with E-state index >= 15 is 0 Å². The van der Waals surface area contributed by atoms with Crippen molar-refractivity contribution in [3.63, 3.8) is 0 Å². The van der Waals surface area contributed by atoms with Crippen LogP contribution in [0.25, 0.3) is 0 Å². The monoisotopic (exact) mass is 458 g/mol. The molecule has 4 aliphatic rings. The van der Waals surface area contributed by atoms with Crippen molar-refractivity contribution in [1.82, 2.24) is 19.8 Å². The van der Waals surface area contributed by atoms with Crippen LogP contribution in [-0.2, 0) is 19.2 Å². The van der Waals surface area contributed by atoms with Gasteiger partial charge in [-0.05, 0) is 25.0 Å². The van der Waals surface area contributed by atoms with Crippen molar-refractivity contribution < 1.29 is 19.2 Å². The largest absolute Gasteiger partial charge is 0.281 e. The van der Waals surface area contributed by atoms with Gasteiger partial charge in [0.25, 0.3) is 0 Å². The van der Waals surface area contributed by atoms with E-state index in [0.717, 1.165) is 11.1 Å². The Kier molecular flexibility index (Phi) is 4.72. The summed E-state index contributed by atoms with van der Waals surface area (Å²) in [7, 11) is 0. The van der Waals surface area contributed by atoms with Gasteiger partial charge >= 0.3 is 0 Å². The first-order valence-electron chi connectivity index (χ1n) is 11.9. The molecule has 0 spiro atoms. The third-order valence-corrected chi connectivity index (χ3v) is 7.82. The Morgan fingerprint density at radius 3 is 1.21 bits per heavy atom. The van der Waals surface area contributed by atoms with E-state index in [1.165, 1.54) is 9.80 Å². The van der Waals surface area contributed by atoms with Crippen LogP contribution in [0.4, 0.5) is 0 Å². The van der Waals surface area contributed by atoms with Crippen LogP contribution in [0.3, 0.4) is 0 Å². The zero-order valence-corrected chi connectivity index (χ0v) is 19.1. The average Bonchev–Trinajstić information content (AvgIpc) is 3.51. The molecule has 34 heavy (non-hydrogen) atoms. The van der Waals surface area contributed by atoms with E-state index in [9.17, 15) is 19.2 Å². The van der Waals surface area contributed by atoms with Crippen LogP contribution in [0.15, 0.2) is 60.7 Å². The van der Waals surface area contributed by atoms with Crippen LogP contribution in [0.5, 0.6) is 0 Å². The molecule has 6 rings (SSSR count).